The number of nitrogens with zero attached hydrogens (tertiary/aromatic N) is 2. The highest BCUT2D eigenvalue weighted by molar-refractivity contribution is 5.76. The smallest absolute Gasteiger partial charge is 0.222 e. The van der Waals surface area contributed by atoms with Crippen LogP contribution in [0.15, 0.2) is 12.4 Å². The zero-order valence-electron chi connectivity index (χ0n) is 14.0. The molecule has 2 heterocycles. The van der Waals surface area contributed by atoms with Crippen molar-refractivity contribution in [2.24, 2.45) is 5.92 Å². The van der Waals surface area contributed by atoms with Crippen LogP contribution in [-0.2, 0) is 16.0 Å². The van der Waals surface area contributed by atoms with E-state index in [1.807, 2.05) is 17.3 Å². The first-order valence-corrected chi connectivity index (χ1v) is 9.18. The Morgan fingerprint density at radius 2 is 2.22 bits per heavy atom. The quantitative estimate of drug-likeness (QED) is 0.877. The highest BCUT2D eigenvalue weighted by Gasteiger charge is 2.26. The molecule has 1 saturated carbocycles. The van der Waals surface area contributed by atoms with Gasteiger partial charge < -0.3 is 9.64 Å². The zero-order chi connectivity index (χ0) is 15.9. The fourth-order valence-corrected chi connectivity index (χ4v) is 3.90. The van der Waals surface area contributed by atoms with Gasteiger partial charge in [0, 0.05) is 25.7 Å². The molecule has 1 unspecified atom stereocenters. The summed E-state index contributed by atoms with van der Waals surface area (Å²) in [7, 11) is 0. The molecule has 2 fully saturated rings. The third-order valence-electron chi connectivity index (χ3n) is 5.22. The number of aromatic amines is 1. The largest absolute Gasteiger partial charge is 0.375 e. The van der Waals surface area contributed by atoms with Crippen molar-refractivity contribution in [1.82, 2.24) is 15.1 Å². The van der Waals surface area contributed by atoms with Crippen LogP contribution in [0.25, 0.3) is 0 Å². The van der Waals surface area contributed by atoms with Gasteiger partial charge in [0.1, 0.15) is 0 Å². The van der Waals surface area contributed by atoms with Crippen molar-refractivity contribution >= 4 is 5.91 Å². The number of amides is 1. The van der Waals surface area contributed by atoms with Gasteiger partial charge in [-0.1, -0.05) is 32.1 Å². The van der Waals surface area contributed by atoms with Gasteiger partial charge >= 0.3 is 0 Å². The predicted octanol–water partition coefficient (Wildman–Crippen LogP) is 2.93. The van der Waals surface area contributed by atoms with Crippen molar-refractivity contribution in [3.05, 3.63) is 18.0 Å². The van der Waals surface area contributed by atoms with Crippen LogP contribution < -0.4 is 0 Å². The van der Waals surface area contributed by atoms with Crippen LogP contribution in [0.4, 0.5) is 0 Å². The molecule has 1 saturated heterocycles. The van der Waals surface area contributed by atoms with E-state index in [0.29, 0.717) is 13.0 Å². The minimum atomic E-state index is 0.254. The number of ether oxygens (including phenoxy) is 1. The van der Waals surface area contributed by atoms with Crippen LogP contribution in [0.2, 0.25) is 0 Å². The van der Waals surface area contributed by atoms with E-state index in [9.17, 15) is 4.79 Å². The van der Waals surface area contributed by atoms with Crippen LogP contribution in [0.3, 0.4) is 0 Å². The van der Waals surface area contributed by atoms with Gasteiger partial charge in [0.2, 0.25) is 5.91 Å². The number of carbonyl (C=O) groups is 1. The van der Waals surface area contributed by atoms with Crippen LogP contribution in [-0.4, -0.2) is 46.8 Å². The highest BCUT2D eigenvalue weighted by atomic mass is 16.5. The van der Waals surface area contributed by atoms with E-state index in [4.69, 9.17) is 4.74 Å². The molecule has 5 nitrogen and oxygen atoms in total. The highest BCUT2D eigenvalue weighted by Crippen LogP contribution is 2.29. The maximum atomic E-state index is 12.4. The SMILES string of the molecule is O=C(CCCc1cn[nH]c1)N1CCOC(CC2CCCCC2)C1. The van der Waals surface area contributed by atoms with Gasteiger partial charge in [0.05, 0.1) is 18.9 Å². The molecule has 1 atom stereocenters. The molecule has 128 valence electrons. The predicted molar refractivity (Wildman–Crippen MR) is 89.0 cm³/mol. The molecule has 1 aliphatic heterocycles. The number of hydrogen-bond acceptors (Lipinski definition) is 3. The Morgan fingerprint density at radius 1 is 1.35 bits per heavy atom. The Kier molecular flexibility index (Phi) is 6.08. The van der Waals surface area contributed by atoms with Crippen LogP contribution in [0, 0.1) is 5.92 Å². The van der Waals surface area contributed by atoms with E-state index in [-0.39, 0.29) is 12.0 Å². The molecule has 0 radical (unpaired) electrons. The minimum Gasteiger partial charge on any atom is -0.375 e. The first-order chi connectivity index (χ1) is 11.3. The maximum absolute atomic E-state index is 12.4. The first kappa shape index (κ1) is 16.5. The van der Waals surface area contributed by atoms with Gasteiger partial charge in [0.25, 0.3) is 0 Å². The fraction of sp³-hybridized carbons (Fsp3) is 0.778. The summed E-state index contributed by atoms with van der Waals surface area (Å²) in [5.74, 6) is 1.09. The average molecular weight is 319 g/mol. The summed E-state index contributed by atoms with van der Waals surface area (Å²) in [6.07, 6.45) is 14.4. The molecule has 1 aromatic heterocycles. The molecule has 1 aromatic rings. The lowest BCUT2D eigenvalue weighted by Gasteiger charge is -2.35. The lowest BCUT2D eigenvalue weighted by molar-refractivity contribution is -0.139. The lowest BCUT2D eigenvalue weighted by Crippen LogP contribution is -2.46. The minimum absolute atomic E-state index is 0.254. The Morgan fingerprint density at radius 3 is 3.00 bits per heavy atom. The number of rotatable bonds is 6. The van der Waals surface area contributed by atoms with E-state index in [0.717, 1.165) is 38.3 Å². The molecular formula is C18H29N3O2. The van der Waals surface area contributed by atoms with Gasteiger partial charge in [-0.3, -0.25) is 9.89 Å². The fourth-order valence-electron chi connectivity index (χ4n) is 3.90. The number of morpholine rings is 1. The summed E-state index contributed by atoms with van der Waals surface area (Å²) >= 11 is 0. The Labute approximate surface area is 138 Å². The second kappa shape index (κ2) is 8.48. The third kappa shape index (κ3) is 5.06. The van der Waals surface area contributed by atoms with Gasteiger partial charge in [0.15, 0.2) is 0 Å². The number of aromatic nitrogens is 2. The molecule has 3 rings (SSSR count). The molecule has 23 heavy (non-hydrogen) atoms. The number of aryl methyl sites for hydroxylation is 1. The molecule has 2 aliphatic rings. The molecule has 0 bridgehead atoms. The number of H-pyrrole nitrogens is 1. The van der Waals surface area contributed by atoms with E-state index in [2.05, 4.69) is 10.2 Å². The van der Waals surface area contributed by atoms with Crippen molar-refractivity contribution < 1.29 is 9.53 Å². The first-order valence-electron chi connectivity index (χ1n) is 9.18. The van der Waals surface area contributed by atoms with Gasteiger partial charge in [-0.15, -0.1) is 0 Å². The maximum Gasteiger partial charge on any atom is 0.222 e. The van der Waals surface area contributed by atoms with Crippen molar-refractivity contribution in [2.75, 3.05) is 19.7 Å². The number of carbonyl (C=O) groups excluding carboxylic acids is 1. The molecule has 0 aromatic carbocycles. The molecule has 1 amide bonds. The normalized spacial score (nSPS) is 23.1. The summed E-state index contributed by atoms with van der Waals surface area (Å²) in [4.78, 5) is 14.4. The average Bonchev–Trinajstić information content (AvgIpc) is 3.09. The molecule has 0 spiro atoms. The van der Waals surface area contributed by atoms with E-state index in [1.165, 1.54) is 37.7 Å². The van der Waals surface area contributed by atoms with Crippen molar-refractivity contribution in [1.29, 1.82) is 0 Å². The summed E-state index contributed by atoms with van der Waals surface area (Å²) in [5, 5.41) is 6.75. The standard InChI is InChI=1S/C18H29N3O2/c22-18(8-4-7-16-12-19-20-13-16)21-9-10-23-17(14-21)11-15-5-2-1-3-6-15/h12-13,15,17H,1-11,14H2,(H,19,20). The Hall–Kier alpha value is -1.36. The molecule has 1 aliphatic carbocycles. The van der Waals surface area contributed by atoms with Crippen molar-refractivity contribution in [3.63, 3.8) is 0 Å². The molecular weight excluding hydrogens is 290 g/mol. The molecule has 1 N–H and O–H groups in total. The number of nitrogens with one attached hydrogen (secondary N) is 1. The topological polar surface area (TPSA) is 58.2 Å². The molecule has 5 heteroatoms. The monoisotopic (exact) mass is 319 g/mol. The van der Waals surface area contributed by atoms with Gasteiger partial charge in [-0.05, 0) is 30.7 Å². The van der Waals surface area contributed by atoms with Crippen molar-refractivity contribution in [2.45, 2.75) is 63.9 Å². The lowest BCUT2D eigenvalue weighted by atomic mass is 9.85. The summed E-state index contributed by atoms with van der Waals surface area (Å²) in [5.41, 5.74) is 1.18. The Bertz CT molecular complexity index is 469. The Balaban J connectivity index is 1.39. The van der Waals surface area contributed by atoms with E-state index in [1.54, 1.807) is 0 Å². The summed E-state index contributed by atoms with van der Waals surface area (Å²) in [6.45, 7) is 2.25. The second-order valence-electron chi connectivity index (χ2n) is 7.03. The zero-order valence-corrected chi connectivity index (χ0v) is 14.0. The van der Waals surface area contributed by atoms with Gasteiger partial charge in [-0.25, -0.2) is 0 Å². The van der Waals surface area contributed by atoms with Crippen LogP contribution in [0.1, 0.15) is 56.9 Å². The van der Waals surface area contributed by atoms with Crippen molar-refractivity contribution in [3.8, 4) is 0 Å². The summed E-state index contributed by atoms with van der Waals surface area (Å²) in [6, 6.07) is 0. The van der Waals surface area contributed by atoms with Gasteiger partial charge in [-0.2, -0.15) is 5.10 Å². The summed E-state index contributed by atoms with van der Waals surface area (Å²) < 4.78 is 5.92. The number of hydrogen-bond donors (Lipinski definition) is 1. The van der Waals surface area contributed by atoms with Crippen LogP contribution >= 0.6 is 0 Å². The third-order valence-corrected chi connectivity index (χ3v) is 5.22. The van der Waals surface area contributed by atoms with E-state index >= 15 is 0 Å². The van der Waals surface area contributed by atoms with E-state index < -0.39 is 0 Å². The van der Waals surface area contributed by atoms with Crippen LogP contribution in [0.5, 0.6) is 0 Å². The second-order valence-corrected chi connectivity index (χ2v) is 7.03.